The second-order valence-electron chi connectivity index (χ2n) is 4.70. The first-order valence-electron chi connectivity index (χ1n) is 5.92. The molecule has 0 amide bonds. The first-order chi connectivity index (χ1) is 8.02. The van der Waals surface area contributed by atoms with E-state index >= 15 is 0 Å². The number of methoxy groups -OCH3 is 1. The Morgan fingerprint density at radius 3 is 2.76 bits per heavy atom. The summed E-state index contributed by atoms with van der Waals surface area (Å²) in [7, 11) is 1.36. The molecule has 1 atom stereocenters. The fraction of sp³-hybridized carbons (Fsp3) is 0.615. The van der Waals surface area contributed by atoms with Crippen molar-refractivity contribution < 1.29 is 13.9 Å². The Kier molecular flexibility index (Phi) is 5.22. The average Bonchev–Trinajstić information content (AvgIpc) is 2.73. The van der Waals surface area contributed by atoms with E-state index in [1.807, 2.05) is 0 Å². The average molecular weight is 239 g/mol. The summed E-state index contributed by atoms with van der Waals surface area (Å²) in [5.41, 5.74) is 0.459. The number of esters is 1. The molecule has 1 N–H and O–H groups in total. The van der Waals surface area contributed by atoms with E-state index < -0.39 is 0 Å². The summed E-state index contributed by atoms with van der Waals surface area (Å²) in [5, 5.41) is 3.35. The van der Waals surface area contributed by atoms with Gasteiger partial charge in [0.25, 0.3) is 0 Å². The highest BCUT2D eigenvalue weighted by Gasteiger charge is 2.11. The molecule has 1 heterocycles. The van der Waals surface area contributed by atoms with Crippen LogP contribution in [0.4, 0.5) is 0 Å². The van der Waals surface area contributed by atoms with Crippen LogP contribution in [0.25, 0.3) is 0 Å². The quantitative estimate of drug-likeness (QED) is 0.775. The molecule has 0 saturated heterocycles. The fourth-order valence-corrected chi connectivity index (χ4v) is 1.76. The summed E-state index contributed by atoms with van der Waals surface area (Å²) in [6.07, 6.45) is 2.54. The van der Waals surface area contributed by atoms with Crippen LogP contribution >= 0.6 is 0 Å². The van der Waals surface area contributed by atoms with Crippen molar-refractivity contribution in [1.29, 1.82) is 0 Å². The SMILES string of the molecule is COC(=O)c1coc(CNC(C)CC(C)C)c1. The van der Waals surface area contributed by atoms with E-state index in [1.54, 1.807) is 6.07 Å². The van der Waals surface area contributed by atoms with Gasteiger partial charge in [0.05, 0.1) is 19.2 Å². The van der Waals surface area contributed by atoms with Gasteiger partial charge in [0.15, 0.2) is 0 Å². The van der Waals surface area contributed by atoms with Crippen LogP contribution in [0.15, 0.2) is 16.7 Å². The van der Waals surface area contributed by atoms with Crippen molar-refractivity contribution in [3.05, 3.63) is 23.7 Å². The predicted octanol–water partition coefficient (Wildman–Crippen LogP) is 2.59. The first-order valence-corrected chi connectivity index (χ1v) is 5.92. The van der Waals surface area contributed by atoms with Crippen LogP contribution in [0.2, 0.25) is 0 Å². The van der Waals surface area contributed by atoms with Crippen LogP contribution in [0, 0.1) is 5.92 Å². The Morgan fingerprint density at radius 1 is 1.47 bits per heavy atom. The third kappa shape index (κ3) is 4.61. The first kappa shape index (κ1) is 13.8. The Balaban J connectivity index is 2.42. The molecule has 1 unspecified atom stereocenters. The molecular formula is C13H21NO3. The van der Waals surface area contributed by atoms with Crippen molar-refractivity contribution in [2.45, 2.75) is 39.8 Å². The van der Waals surface area contributed by atoms with E-state index in [2.05, 4.69) is 30.8 Å². The molecule has 0 radical (unpaired) electrons. The molecule has 0 saturated carbocycles. The number of ether oxygens (including phenoxy) is 1. The smallest absolute Gasteiger partial charge is 0.341 e. The van der Waals surface area contributed by atoms with Crippen molar-refractivity contribution in [2.75, 3.05) is 7.11 Å². The van der Waals surface area contributed by atoms with Crippen LogP contribution < -0.4 is 5.32 Å². The molecule has 0 aliphatic rings. The molecule has 4 nitrogen and oxygen atoms in total. The second kappa shape index (κ2) is 6.45. The number of rotatable bonds is 6. The topological polar surface area (TPSA) is 51.5 Å². The Morgan fingerprint density at radius 2 is 2.18 bits per heavy atom. The normalized spacial score (nSPS) is 12.8. The lowest BCUT2D eigenvalue weighted by Crippen LogP contribution is -2.26. The third-order valence-corrected chi connectivity index (χ3v) is 2.52. The fourth-order valence-electron chi connectivity index (χ4n) is 1.76. The van der Waals surface area contributed by atoms with Crippen molar-refractivity contribution in [3.63, 3.8) is 0 Å². The summed E-state index contributed by atoms with van der Waals surface area (Å²) in [6, 6.07) is 2.14. The van der Waals surface area contributed by atoms with Gasteiger partial charge in [-0.15, -0.1) is 0 Å². The van der Waals surface area contributed by atoms with E-state index in [9.17, 15) is 4.79 Å². The molecule has 1 aromatic heterocycles. The molecule has 0 fully saturated rings. The number of hydrogen-bond donors (Lipinski definition) is 1. The minimum atomic E-state index is -0.366. The van der Waals surface area contributed by atoms with Gasteiger partial charge in [0.2, 0.25) is 0 Å². The largest absolute Gasteiger partial charge is 0.467 e. The maximum Gasteiger partial charge on any atom is 0.341 e. The van der Waals surface area contributed by atoms with E-state index in [0.29, 0.717) is 24.1 Å². The predicted molar refractivity (Wildman–Crippen MR) is 65.8 cm³/mol. The Labute approximate surface area is 102 Å². The molecule has 0 bridgehead atoms. The van der Waals surface area contributed by atoms with Crippen LogP contribution in [-0.4, -0.2) is 19.1 Å². The molecule has 1 rings (SSSR count). The van der Waals surface area contributed by atoms with E-state index in [-0.39, 0.29) is 5.97 Å². The zero-order valence-corrected chi connectivity index (χ0v) is 10.9. The minimum absolute atomic E-state index is 0.366. The lowest BCUT2D eigenvalue weighted by atomic mass is 10.1. The standard InChI is InChI=1S/C13H21NO3/c1-9(2)5-10(3)14-7-12-6-11(8-17-12)13(15)16-4/h6,8-10,14H,5,7H2,1-4H3. The molecule has 0 aliphatic heterocycles. The van der Waals surface area contributed by atoms with Gasteiger partial charge in [-0.3, -0.25) is 0 Å². The third-order valence-electron chi connectivity index (χ3n) is 2.52. The van der Waals surface area contributed by atoms with Gasteiger partial charge in [-0.2, -0.15) is 0 Å². The van der Waals surface area contributed by atoms with Crippen LogP contribution in [0.5, 0.6) is 0 Å². The van der Waals surface area contributed by atoms with Crippen molar-refractivity contribution in [3.8, 4) is 0 Å². The van der Waals surface area contributed by atoms with E-state index in [4.69, 9.17) is 4.42 Å². The molecule has 1 aromatic rings. The summed E-state index contributed by atoms with van der Waals surface area (Å²) in [5.74, 6) is 1.05. The number of nitrogens with one attached hydrogen (secondary N) is 1. The van der Waals surface area contributed by atoms with Crippen molar-refractivity contribution >= 4 is 5.97 Å². The monoisotopic (exact) mass is 239 g/mol. The molecule has 96 valence electrons. The second-order valence-corrected chi connectivity index (χ2v) is 4.70. The zero-order valence-electron chi connectivity index (χ0n) is 10.9. The number of hydrogen-bond acceptors (Lipinski definition) is 4. The highest BCUT2D eigenvalue weighted by molar-refractivity contribution is 5.88. The molecule has 4 heteroatoms. The molecular weight excluding hydrogens is 218 g/mol. The van der Waals surface area contributed by atoms with Crippen molar-refractivity contribution in [2.24, 2.45) is 5.92 Å². The summed E-state index contributed by atoms with van der Waals surface area (Å²) in [4.78, 5) is 11.2. The van der Waals surface area contributed by atoms with Crippen LogP contribution in [0.1, 0.15) is 43.3 Å². The minimum Gasteiger partial charge on any atom is -0.467 e. The summed E-state index contributed by atoms with van der Waals surface area (Å²) < 4.78 is 9.89. The van der Waals surface area contributed by atoms with Gasteiger partial charge in [-0.25, -0.2) is 4.79 Å². The molecule has 0 aromatic carbocycles. The van der Waals surface area contributed by atoms with Gasteiger partial charge >= 0.3 is 5.97 Å². The maximum absolute atomic E-state index is 11.2. The van der Waals surface area contributed by atoms with E-state index in [1.165, 1.54) is 13.4 Å². The van der Waals surface area contributed by atoms with Crippen molar-refractivity contribution in [1.82, 2.24) is 5.32 Å². The highest BCUT2D eigenvalue weighted by Crippen LogP contribution is 2.10. The van der Waals surface area contributed by atoms with Gasteiger partial charge in [0.1, 0.15) is 12.0 Å². The molecule has 0 aliphatic carbocycles. The zero-order chi connectivity index (χ0) is 12.8. The summed E-state index contributed by atoms with van der Waals surface area (Å²) in [6.45, 7) is 7.16. The molecule has 17 heavy (non-hydrogen) atoms. The number of furan rings is 1. The maximum atomic E-state index is 11.2. The van der Waals surface area contributed by atoms with Crippen LogP contribution in [0.3, 0.4) is 0 Å². The lowest BCUT2D eigenvalue weighted by Gasteiger charge is -2.14. The van der Waals surface area contributed by atoms with Gasteiger partial charge in [-0.05, 0) is 25.3 Å². The molecule has 0 spiro atoms. The highest BCUT2D eigenvalue weighted by atomic mass is 16.5. The van der Waals surface area contributed by atoms with Gasteiger partial charge in [0, 0.05) is 6.04 Å². The summed E-state index contributed by atoms with van der Waals surface area (Å²) >= 11 is 0. The van der Waals surface area contributed by atoms with Gasteiger partial charge in [-0.1, -0.05) is 13.8 Å². The number of carbonyl (C=O) groups is 1. The number of carbonyl (C=O) groups excluding carboxylic acids is 1. The lowest BCUT2D eigenvalue weighted by molar-refractivity contribution is 0.0600. The Hall–Kier alpha value is -1.29. The Bertz CT molecular complexity index is 357. The van der Waals surface area contributed by atoms with E-state index in [0.717, 1.165) is 12.2 Å². The van der Waals surface area contributed by atoms with Crippen LogP contribution in [-0.2, 0) is 11.3 Å². The van der Waals surface area contributed by atoms with Gasteiger partial charge < -0.3 is 14.5 Å².